The van der Waals surface area contributed by atoms with Crippen LogP contribution in [0.5, 0.6) is 0 Å². The van der Waals surface area contributed by atoms with Crippen molar-refractivity contribution < 1.29 is 5.11 Å². The van der Waals surface area contributed by atoms with E-state index in [-0.39, 0.29) is 0 Å². The fourth-order valence-corrected chi connectivity index (χ4v) is 3.70. The molecule has 0 radical (unpaired) electrons. The summed E-state index contributed by atoms with van der Waals surface area (Å²) >= 11 is 0. The van der Waals surface area contributed by atoms with E-state index in [2.05, 4.69) is 35.5 Å². The molecule has 0 bridgehead atoms. The second kappa shape index (κ2) is 7.28. The monoisotopic (exact) mass is 313 g/mol. The fraction of sp³-hybridized carbons (Fsp3) is 0.526. The van der Waals surface area contributed by atoms with Crippen LogP contribution < -0.4 is 5.32 Å². The molecule has 1 aromatic heterocycles. The van der Waals surface area contributed by atoms with E-state index in [1.165, 1.54) is 30.5 Å². The first-order valence-electron chi connectivity index (χ1n) is 8.59. The van der Waals surface area contributed by atoms with E-state index in [0.717, 1.165) is 12.0 Å². The maximum Gasteiger partial charge on any atom is 0.0914 e. The highest BCUT2D eigenvalue weighted by Crippen LogP contribution is 2.32. The molecule has 0 spiro atoms. The van der Waals surface area contributed by atoms with Crippen LogP contribution in [0, 0.1) is 6.92 Å². The number of rotatable bonds is 5. The van der Waals surface area contributed by atoms with Gasteiger partial charge in [-0.1, -0.05) is 36.2 Å². The predicted molar refractivity (Wildman–Crippen MR) is 92.3 cm³/mol. The van der Waals surface area contributed by atoms with Crippen LogP contribution in [0.4, 0.5) is 0 Å². The van der Waals surface area contributed by atoms with Gasteiger partial charge >= 0.3 is 0 Å². The van der Waals surface area contributed by atoms with Crippen LogP contribution >= 0.6 is 0 Å². The van der Waals surface area contributed by atoms with Gasteiger partial charge in [0.05, 0.1) is 6.10 Å². The molecule has 3 unspecified atom stereocenters. The molecule has 0 saturated heterocycles. The molecule has 124 valence electrons. The van der Waals surface area contributed by atoms with Crippen LogP contribution in [0.25, 0.3) is 0 Å². The maximum absolute atomic E-state index is 10.4. The van der Waals surface area contributed by atoms with Gasteiger partial charge in [-0.2, -0.15) is 5.10 Å². The van der Waals surface area contributed by atoms with Gasteiger partial charge in [-0.15, -0.1) is 0 Å². The summed E-state index contributed by atoms with van der Waals surface area (Å²) in [7, 11) is 2.02. The molecule has 3 atom stereocenters. The van der Waals surface area contributed by atoms with Crippen molar-refractivity contribution in [1.29, 1.82) is 0 Å². The van der Waals surface area contributed by atoms with E-state index >= 15 is 0 Å². The fourth-order valence-electron chi connectivity index (χ4n) is 3.70. The second-order valence-corrected chi connectivity index (χ2v) is 6.78. The average molecular weight is 313 g/mol. The molecule has 4 nitrogen and oxygen atoms in total. The Bertz CT molecular complexity index is 637. The summed E-state index contributed by atoms with van der Waals surface area (Å²) in [4.78, 5) is 0. The third kappa shape index (κ3) is 4.01. The molecular formula is C19H27N3O. The summed E-state index contributed by atoms with van der Waals surface area (Å²) in [6, 6.07) is 10.7. The van der Waals surface area contributed by atoms with E-state index in [0.29, 0.717) is 18.5 Å². The van der Waals surface area contributed by atoms with Crippen molar-refractivity contribution in [3.8, 4) is 0 Å². The summed E-state index contributed by atoms with van der Waals surface area (Å²) in [6.07, 6.45) is 6.22. The zero-order valence-electron chi connectivity index (χ0n) is 14.1. The number of aliphatic hydroxyl groups is 1. The molecule has 1 aliphatic carbocycles. The minimum absolute atomic E-state index is 0.438. The van der Waals surface area contributed by atoms with Crippen molar-refractivity contribution >= 4 is 0 Å². The molecule has 23 heavy (non-hydrogen) atoms. The summed E-state index contributed by atoms with van der Waals surface area (Å²) in [5.41, 5.74) is 3.52. The molecule has 2 N–H and O–H groups in total. The lowest BCUT2D eigenvalue weighted by Gasteiger charge is -2.30. The normalized spacial score (nSPS) is 22.9. The van der Waals surface area contributed by atoms with Crippen LogP contribution in [0.3, 0.4) is 0 Å². The Labute approximate surface area is 138 Å². The lowest BCUT2D eigenvalue weighted by Crippen LogP contribution is -2.36. The van der Waals surface area contributed by atoms with Crippen molar-refractivity contribution in [2.75, 3.05) is 6.54 Å². The topological polar surface area (TPSA) is 50.1 Å². The smallest absolute Gasteiger partial charge is 0.0914 e. The van der Waals surface area contributed by atoms with E-state index < -0.39 is 6.10 Å². The molecule has 1 aliphatic rings. The van der Waals surface area contributed by atoms with Gasteiger partial charge in [0.15, 0.2) is 0 Å². The van der Waals surface area contributed by atoms with Gasteiger partial charge in [0.25, 0.3) is 0 Å². The molecule has 2 aromatic rings. The summed E-state index contributed by atoms with van der Waals surface area (Å²) in [5.74, 6) is 0.574. The standard InChI is InChI=1S/C19H27N3O/c1-14-5-3-7-16(11-14)19(23)13-20-17-8-4-6-15(12-17)18-9-10-21-22(18)2/h3,5,7,9-11,15,17,19-20,23H,4,6,8,12-13H2,1-2H3. The van der Waals surface area contributed by atoms with Crippen LogP contribution in [-0.4, -0.2) is 27.5 Å². The van der Waals surface area contributed by atoms with Gasteiger partial charge in [0.1, 0.15) is 0 Å². The number of hydrogen-bond acceptors (Lipinski definition) is 3. The first kappa shape index (κ1) is 16.2. The van der Waals surface area contributed by atoms with Crippen LogP contribution in [0.15, 0.2) is 36.5 Å². The largest absolute Gasteiger partial charge is 0.387 e. The number of aliphatic hydroxyl groups excluding tert-OH is 1. The van der Waals surface area contributed by atoms with Crippen molar-refractivity contribution in [2.24, 2.45) is 7.05 Å². The van der Waals surface area contributed by atoms with Gasteiger partial charge in [-0.05, 0) is 37.8 Å². The van der Waals surface area contributed by atoms with Crippen LogP contribution in [-0.2, 0) is 7.05 Å². The molecule has 1 heterocycles. The summed E-state index contributed by atoms with van der Waals surface area (Å²) in [6.45, 7) is 2.68. The number of hydrogen-bond donors (Lipinski definition) is 2. The number of nitrogens with zero attached hydrogens (tertiary/aromatic N) is 2. The highest BCUT2D eigenvalue weighted by Gasteiger charge is 2.25. The van der Waals surface area contributed by atoms with Crippen LogP contribution in [0.2, 0.25) is 0 Å². The molecule has 1 fully saturated rings. The van der Waals surface area contributed by atoms with Gasteiger partial charge in [-0.25, -0.2) is 0 Å². The summed E-state index contributed by atoms with van der Waals surface area (Å²) in [5, 5.41) is 18.3. The Morgan fingerprint density at radius 1 is 1.35 bits per heavy atom. The number of benzene rings is 1. The molecule has 4 heteroatoms. The van der Waals surface area contributed by atoms with E-state index in [1.54, 1.807) is 0 Å². The lowest BCUT2D eigenvalue weighted by molar-refractivity contribution is 0.164. The first-order chi connectivity index (χ1) is 11.1. The van der Waals surface area contributed by atoms with Gasteiger partial charge in [-0.3, -0.25) is 4.68 Å². The Kier molecular flexibility index (Phi) is 5.13. The highest BCUT2D eigenvalue weighted by molar-refractivity contribution is 5.24. The lowest BCUT2D eigenvalue weighted by atomic mass is 9.83. The van der Waals surface area contributed by atoms with Crippen molar-refractivity contribution in [2.45, 2.75) is 50.7 Å². The molecule has 0 amide bonds. The minimum Gasteiger partial charge on any atom is -0.387 e. The van der Waals surface area contributed by atoms with Crippen molar-refractivity contribution in [1.82, 2.24) is 15.1 Å². The van der Waals surface area contributed by atoms with Crippen molar-refractivity contribution in [3.05, 3.63) is 53.3 Å². The summed E-state index contributed by atoms with van der Waals surface area (Å²) < 4.78 is 1.99. The third-order valence-corrected chi connectivity index (χ3v) is 4.98. The Morgan fingerprint density at radius 2 is 2.22 bits per heavy atom. The Balaban J connectivity index is 1.55. The molecule has 1 aromatic carbocycles. The van der Waals surface area contributed by atoms with Crippen LogP contribution in [0.1, 0.15) is 54.5 Å². The molecule has 3 rings (SSSR count). The zero-order valence-corrected chi connectivity index (χ0v) is 14.1. The zero-order chi connectivity index (χ0) is 16.2. The van der Waals surface area contributed by atoms with E-state index in [9.17, 15) is 5.11 Å². The number of nitrogens with one attached hydrogen (secondary N) is 1. The quantitative estimate of drug-likeness (QED) is 0.892. The predicted octanol–water partition coefficient (Wildman–Crippen LogP) is 3.08. The molecule has 1 saturated carbocycles. The highest BCUT2D eigenvalue weighted by atomic mass is 16.3. The minimum atomic E-state index is -0.438. The first-order valence-corrected chi connectivity index (χ1v) is 8.59. The SMILES string of the molecule is Cc1cccc(C(O)CNC2CCCC(c3ccnn3C)C2)c1. The van der Waals surface area contributed by atoms with Gasteiger partial charge < -0.3 is 10.4 Å². The van der Waals surface area contributed by atoms with E-state index in [4.69, 9.17) is 0 Å². The Morgan fingerprint density at radius 3 is 2.96 bits per heavy atom. The number of aromatic nitrogens is 2. The Hall–Kier alpha value is -1.65. The maximum atomic E-state index is 10.4. The van der Waals surface area contributed by atoms with E-state index in [1.807, 2.05) is 30.1 Å². The second-order valence-electron chi connectivity index (χ2n) is 6.78. The average Bonchev–Trinajstić information content (AvgIpc) is 2.99. The third-order valence-electron chi connectivity index (χ3n) is 4.98. The molecular weight excluding hydrogens is 286 g/mol. The van der Waals surface area contributed by atoms with Gasteiger partial charge in [0.2, 0.25) is 0 Å². The molecule has 0 aliphatic heterocycles. The number of aryl methyl sites for hydroxylation is 2. The van der Waals surface area contributed by atoms with Gasteiger partial charge in [0, 0.05) is 37.4 Å². The van der Waals surface area contributed by atoms with Crippen molar-refractivity contribution in [3.63, 3.8) is 0 Å².